The molecule has 0 N–H and O–H groups in total. The number of hydrogen-bond donors (Lipinski definition) is 0. The van der Waals surface area contributed by atoms with Crippen LogP contribution < -0.4 is 14.2 Å². The number of methoxy groups -OCH3 is 2. The first-order valence-corrected chi connectivity index (χ1v) is 6.39. The molecule has 0 saturated heterocycles. The molecule has 5 heteroatoms. The molecular weight excluding hydrogens is 280 g/mol. The maximum absolute atomic E-state index is 11.3. The number of fused-ring (bicyclic) bond motifs is 1. The Kier molecular flexibility index (Phi) is 4.04. The van der Waals surface area contributed by atoms with E-state index >= 15 is 0 Å². The zero-order valence-electron chi connectivity index (χ0n) is 11.7. The van der Waals surface area contributed by atoms with Gasteiger partial charge in [0.15, 0.2) is 11.5 Å². The molecule has 0 bridgehead atoms. The molecule has 0 atom stereocenters. The van der Waals surface area contributed by atoms with Crippen molar-refractivity contribution in [2.24, 2.45) is 0 Å². The Hall–Kier alpha value is -1.94. The Morgan fingerprint density at radius 1 is 1.05 bits per heavy atom. The van der Waals surface area contributed by atoms with Crippen molar-refractivity contribution in [1.82, 2.24) is 0 Å². The molecule has 0 saturated carbocycles. The largest absolute Gasteiger partial charge is 0.496 e. The van der Waals surface area contributed by atoms with Gasteiger partial charge >= 0.3 is 5.97 Å². The average molecular weight is 295 g/mol. The van der Waals surface area contributed by atoms with Crippen LogP contribution in [-0.4, -0.2) is 20.2 Å². The highest BCUT2D eigenvalue weighted by Crippen LogP contribution is 2.46. The summed E-state index contributed by atoms with van der Waals surface area (Å²) in [5.74, 6) is 1.09. The molecule has 0 aliphatic heterocycles. The van der Waals surface area contributed by atoms with Crippen LogP contribution in [0, 0.1) is 6.92 Å². The summed E-state index contributed by atoms with van der Waals surface area (Å²) < 4.78 is 16.1. The molecule has 0 aliphatic rings. The Labute approximate surface area is 122 Å². The second-order valence-corrected chi connectivity index (χ2v) is 4.74. The predicted octanol–water partition coefficient (Wildman–Crippen LogP) is 3.74. The van der Waals surface area contributed by atoms with Gasteiger partial charge in [0.25, 0.3) is 0 Å². The van der Waals surface area contributed by atoms with Crippen molar-refractivity contribution in [3.05, 3.63) is 28.8 Å². The number of carbonyl (C=O) groups excluding carboxylic acids is 1. The highest BCUT2D eigenvalue weighted by atomic mass is 35.5. The van der Waals surface area contributed by atoms with Crippen LogP contribution in [0.5, 0.6) is 17.2 Å². The van der Waals surface area contributed by atoms with E-state index in [2.05, 4.69) is 0 Å². The minimum absolute atomic E-state index is 0.380. The summed E-state index contributed by atoms with van der Waals surface area (Å²) in [4.78, 5) is 11.3. The highest BCUT2D eigenvalue weighted by molar-refractivity contribution is 6.31. The lowest BCUT2D eigenvalue weighted by molar-refractivity contribution is -0.131. The zero-order chi connectivity index (χ0) is 14.9. The number of halogens is 1. The third-order valence-electron chi connectivity index (χ3n) is 3.01. The van der Waals surface area contributed by atoms with Crippen LogP contribution in [0.25, 0.3) is 10.8 Å². The van der Waals surface area contributed by atoms with Crippen LogP contribution in [0.2, 0.25) is 5.02 Å². The Morgan fingerprint density at radius 2 is 1.70 bits per heavy atom. The Bertz CT molecular complexity index is 679. The van der Waals surface area contributed by atoms with E-state index in [0.717, 1.165) is 10.9 Å². The molecule has 4 nitrogen and oxygen atoms in total. The molecule has 0 aromatic heterocycles. The summed E-state index contributed by atoms with van der Waals surface area (Å²) in [6.07, 6.45) is 0. The van der Waals surface area contributed by atoms with Crippen LogP contribution in [0.4, 0.5) is 0 Å². The molecule has 0 radical (unpaired) electrons. The highest BCUT2D eigenvalue weighted by Gasteiger charge is 2.20. The van der Waals surface area contributed by atoms with E-state index in [1.165, 1.54) is 14.0 Å². The molecule has 0 unspecified atom stereocenters. The average Bonchev–Trinajstić information content (AvgIpc) is 2.38. The van der Waals surface area contributed by atoms with E-state index in [-0.39, 0.29) is 0 Å². The van der Waals surface area contributed by atoms with Crippen molar-refractivity contribution < 1.29 is 19.0 Å². The summed E-state index contributed by atoms with van der Waals surface area (Å²) in [5, 5.41) is 2.06. The van der Waals surface area contributed by atoms with E-state index in [4.69, 9.17) is 25.8 Å². The van der Waals surface area contributed by atoms with Crippen LogP contribution in [0.15, 0.2) is 18.2 Å². The monoisotopic (exact) mass is 294 g/mol. The number of hydrogen-bond acceptors (Lipinski definition) is 4. The molecular formula is C15H15ClO4. The lowest BCUT2D eigenvalue weighted by Gasteiger charge is -2.17. The summed E-state index contributed by atoms with van der Waals surface area (Å²) in [6.45, 7) is 3.19. The van der Waals surface area contributed by atoms with E-state index in [0.29, 0.717) is 27.7 Å². The minimum Gasteiger partial charge on any atom is -0.496 e. The molecule has 2 aromatic rings. The standard InChI is InChI=1S/C15H15ClO4/c1-8-13(18-3)12-7-10(16)5-6-11(12)15(14(8)19-4)20-9(2)17/h5-7H,1-4H3. The smallest absolute Gasteiger partial charge is 0.308 e. The molecule has 0 aliphatic carbocycles. The van der Waals surface area contributed by atoms with Crippen molar-refractivity contribution >= 4 is 28.3 Å². The van der Waals surface area contributed by atoms with Crippen molar-refractivity contribution in [1.29, 1.82) is 0 Å². The normalized spacial score (nSPS) is 10.4. The van der Waals surface area contributed by atoms with Crippen LogP contribution in [-0.2, 0) is 4.79 Å². The van der Waals surface area contributed by atoms with Gasteiger partial charge in [0.1, 0.15) is 5.75 Å². The second-order valence-electron chi connectivity index (χ2n) is 4.30. The van der Waals surface area contributed by atoms with Gasteiger partial charge < -0.3 is 14.2 Å². The molecule has 0 fully saturated rings. The van der Waals surface area contributed by atoms with Gasteiger partial charge in [-0.15, -0.1) is 0 Å². The lowest BCUT2D eigenvalue weighted by Crippen LogP contribution is -2.05. The third kappa shape index (κ3) is 2.39. The lowest BCUT2D eigenvalue weighted by atomic mass is 10.0. The van der Waals surface area contributed by atoms with E-state index in [1.807, 2.05) is 6.92 Å². The molecule has 2 aromatic carbocycles. The number of esters is 1. The SMILES string of the molecule is COc1c(C)c(OC)c2cc(Cl)ccc2c1OC(C)=O. The van der Waals surface area contributed by atoms with Crippen LogP contribution in [0.1, 0.15) is 12.5 Å². The zero-order valence-corrected chi connectivity index (χ0v) is 12.5. The fraction of sp³-hybridized carbons (Fsp3) is 0.267. The van der Waals surface area contributed by atoms with Gasteiger partial charge in [-0.1, -0.05) is 11.6 Å². The van der Waals surface area contributed by atoms with Gasteiger partial charge in [0.2, 0.25) is 0 Å². The van der Waals surface area contributed by atoms with Crippen molar-refractivity contribution in [2.75, 3.05) is 14.2 Å². The van der Waals surface area contributed by atoms with E-state index in [9.17, 15) is 4.79 Å². The number of benzene rings is 2. The number of rotatable bonds is 3. The van der Waals surface area contributed by atoms with Gasteiger partial charge in [-0.2, -0.15) is 0 Å². The topological polar surface area (TPSA) is 44.8 Å². The van der Waals surface area contributed by atoms with E-state index < -0.39 is 5.97 Å². The molecule has 0 amide bonds. The van der Waals surface area contributed by atoms with Gasteiger partial charge in [0, 0.05) is 28.3 Å². The first-order chi connectivity index (χ1) is 9.49. The Balaban J connectivity index is 2.91. The maximum Gasteiger partial charge on any atom is 0.308 e. The van der Waals surface area contributed by atoms with Gasteiger partial charge in [0.05, 0.1) is 14.2 Å². The second kappa shape index (κ2) is 5.59. The number of carbonyl (C=O) groups is 1. The molecule has 0 spiro atoms. The molecule has 106 valence electrons. The van der Waals surface area contributed by atoms with Crippen LogP contribution >= 0.6 is 11.6 Å². The quantitative estimate of drug-likeness (QED) is 0.639. The third-order valence-corrected chi connectivity index (χ3v) is 3.25. The number of ether oxygens (including phenoxy) is 3. The van der Waals surface area contributed by atoms with Crippen molar-refractivity contribution in [3.8, 4) is 17.2 Å². The first-order valence-electron chi connectivity index (χ1n) is 6.01. The van der Waals surface area contributed by atoms with Crippen LogP contribution in [0.3, 0.4) is 0 Å². The summed E-state index contributed by atoms with van der Waals surface area (Å²) in [7, 11) is 3.10. The molecule has 20 heavy (non-hydrogen) atoms. The summed E-state index contributed by atoms with van der Waals surface area (Å²) in [6, 6.07) is 5.28. The minimum atomic E-state index is -0.413. The molecule has 0 heterocycles. The summed E-state index contributed by atoms with van der Waals surface area (Å²) in [5.41, 5.74) is 0.751. The predicted molar refractivity (Wildman–Crippen MR) is 78.1 cm³/mol. The first kappa shape index (κ1) is 14.5. The molecule has 2 rings (SSSR count). The van der Waals surface area contributed by atoms with Gasteiger partial charge in [-0.05, 0) is 25.1 Å². The van der Waals surface area contributed by atoms with Crippen molar-refractivity contribution in [2.45, 2.75) is 13.8 Å². The van der Waals surface area contributed by atoms with Gasteiger partial charge in [-0.25, -0.2) is 0 Å². The fourth-order valence-electron chi connectivity index (χ4n) is 2.25. The van der Waals surface area contributed by atoms with Crippen molar-refractivity contribution in [3.63, 3.8) is 0 Å². The maximum atomic E-state index is 11.3. The van der Waals surface area contributed by atoms with E-state index in [1.54, 1.807) is 25.3 Å². The summed E-state index contributed by atoms with van der Waals surface area (Å²) >= 11 is 6.04. The van der Waals surface area contributed by atoms with Gasteiger partial charge in [-0.3, -0.25) is 4.79 Å². The Morgan fingerprint density at radius 3 is 2.25 bits per heavy atom. The fourth-order valence-corrected chi connectivity index (χ4v) is 2.43.